The van der Waals surface area contributed by atoms with Crippen LogP contribution >= 0.6 is 0 Å². The zero-order valence-corrected chi connectivity index (χ0v) is 12.2. The van der Waals surface area contributed by atoms with Crippen LogP contribution in [0.1, 0.15) is 57.8 Å². The lowest BCUT2D eigenvalue weighted by molar-refractivity contribution is -0.153. The van der Waals surface area contributed by atoms with E-state index in [1.54, 1.807) is 4.90 Å². The molecular weight excluding hydrogens is 283 g/mol. The molecule has 0 bridgehead atoms. The van der Waals surface area contributed by atoms with Crippen molar-refractivity contribution in [3.63, 3.8) is 0 Å². The number of aliphatic hydroxyl groups excluding tert-OH is 1. The van der Waals surface area contributed by atoms with Crippen molar-refractivity contribution >= 4 is 5.91 Å². The van der Waals surface area contributed by atoms with Crippen LogP contribution in [0.15, 0.2) is 0 Å². The normalized spacial score (nSPS) is 31.2. The molecule has 0 aromatic carbocycles. The Hall–Kier alpha value is -0.780. The molecule has 21 heavy (non-hydrogen) atoms. The Morgan fingerprint density at radius 3 is 2.43 bits per heavy atom. The Balaban J connectivity index is 1.99. The molecule has 122 valence electrons. The van der Waals surface area contributed by atoms with Crippen LogP contribution in [-0.2, 0) is 4.79 Å². The highest BCUT2D eigenvalue weighted by molar-refractivity contribution is 5.76. The summed E-state index contributed by atoms with van der Waals surface area (Å²) < 4.78 is 36.9. The number of nitrogens with zero attached hydrogens (tertiary/aromatic N) is 1. The first-order valence-electron chi connectivity index (χ1n) is 7.93. The number of hydrogen-bond donors (Lipinski definition) is 1. The minimum absolute atomic E-state index is 0.0360. The van der Waals surface area contributed by atoms with E-state index < -0.39 is 31.0 Å². The molecule has 1 heterocycles. The zero-order chi connectivity index (χ0) is 15.5. The van der Waals surface area contributed by atoms with E-state index in [0.29, 0.717) is 6.54 Å². The predicted molar refractivity (Wildman–Crippen MR) is 72.6 cm³/mol. The standard InChI is InChI=1S/C15H24F3NO2/c16-15(17,18)9-8-14(21)19-10-4-3-6-12(19)11-5-1-2-7-13(11)20/h11-13,20H,1-10H2. The summed E-state index contributed by atoms with van der Waals surface area (Å²) >= 11 is 0. The van der Waals surface area contributed by atoms with Gasteiger partial charge < -0.3 is 10.0 Å². The number of carbonyl (C=O) groups excluding carboxylic acids is 1. The molecule has 0 aromatic rings. The molecule has 6 heteroatoms. The summed E-state index contributed by atoms with van der Waals surface area (Å²) in [4.78, 5) is 13.8. The molecule has 0 spiro atoms. The van der Waals surface area contributed by atoms with Gasteiger partial charge in [-0.1, -0.05) is 12.8 Å². The average Bonchev–Trinajstić information content (AvgIpc) is 2.44. The van der Waals surface area contributed by atoms with Crippen LogP contribution in [0.5, 0.6) is 0 Å². The number of aliphatic hydroxyl groups is 1. The van der Waals surface area contributed by atoms with Crippen LogP contribution < -0.4 is 0 Å². The van der Waals surface area contributed by atoms with E-state index in [9.17, 15) is 23.1 Å². The van der Waals surface area contributed by atoms with Crippen molar-refractivity contribution in [2.75, 3.05) is 6.54 Å². The summed E-state index contributed by atoms with van der Waals surface area (Å²) in [5.41, 5.74) is 0. The number of hydrogen-bond acceptors (Lipinski definition) is 2. The maximum atomic E-state index is 12.3. The summed E-state index contributed by atoms with van der Waals surface area (Å²) in [5.74, 6) is -0.372. The highest BCUT2D eigenvalue weighted by Crippen LogP contribution is 2.34. The van der Waals surface area contributed by atoms with E-state index in [2.05, 4.69) is 0 Å². The third kappa shape index (κ3) is 4.59. The van der Waals surface area contributed by atoms with Crippen molar-refractivity contribution in [2.45, 2.75) is 76.1 Å². The Kier molecular flexibility index (Phi) is 5.52. The predicted octanol–water partition coefficient (Wildman–Crippen LogP) is 3.26. The number of halogens is 3. The minimum Gasteiger partial charge on any atom is -0.393 e. The third-order valence-corrected chi connectivity index (χ3v) is 4.77. The number of piperidine rings is 1. The fraction of sp³-hybridized carbons (Fsp3) is 0.933. The van der Waals surface area contributed by atoms with E-state index in [4.69, 9.17) is 0 Å². The van der Waals surface area contributed by atoms with Gasteiger partial charge in [0.05, 0.1) is 12.5 Å². The fourth-order valence-corrected chi connectivity index (χ4v) is 3.69. The first-order valence-corrected chi connectivity index (χ1v) is 7.93. The molecule has 3 atom stereocenters. The van der Waals surface area contributed by atoms with Crippen molar-refractivity contribution in [2.24, 2.45) is 5.92 Å². The van der Waals surface area contributed by atoms with Gasteiger partial charge in [-0.3, -0.25) is 4.79 Å². The summed E-state index contributed by atoms with van der Waals surface area (Å²) in [7, 11) is 0. The topological polar surface area (TPSA) is 40.5 Å². The molecule has 1 aliphatic heterocycles. The lowest BCUT2D eigenvalue weighted by Gasteiger charge is -2.43. The van der Waals surface area contributed by atoms with Crippen LogP contribution in [-0.4, -0.2) is 40.8 Å². The second-order valence-electron chi connectivity index (χ2n) is 6.28. The summed E-state index contributed by atoms with van der Waals surface area (Å²) in [6, 6.07) is -0.0743. The zero-order valence-electron chi connectivity index (χ0n) is 12.2. The molecule has 1 amide bonds. The van der Waals surface area contributed by atoms with E-state index in [1.807, 2.05) is 0 Å². The maximum absolute atomic E-state index is 12.3. The van der Waals surface area contributed by atoms with Gasteiger partial charge in [-0.25, -0.2) is 0 Å². The van der Waals surface area contributed by atoms with Gasteiger partial charge in [0.15, 0.2) is 0 Å². The van der Waals surface area contributed by atoms with Gasteiger partial charge in [0.2, 0.25) is 5.91 Å². The van der Waals surface area contributed by atoms with Crippen LogP contribution in [0, 0.1) is 5.92 Å². The summed E-state index contributed by atoms with van der Waals surface area (Å²) in [6.07, 6.45) is 0.0412. The fourth-order valence-electron chi connectivity index (χ4n) is 3.69. The molecule has 2 fully saturated rings. The van der Waals surface area contributed by atoms with E-state index in [0.717, 1.165) is 44.9 Å². The summed E-state index contributed by atoms with van der Waals surface area (Å²) in [6.45, 7) is 0.532. The second kappa shape index (κ2) is 6.99. The molecule has 1 N–H and O–H groups in total. The molecule has 3 nitrogen and oxygen atoms in total. The Morgan fingerprint density at radius 2 is 1.76 bits per heavy atom. The smallest absolute Gasteiger partial charge is 0.389 e. The number of amides is 1. The van der Waals surface area contributed by atoms with E-state index in [-0.39, 0.29) is 12.0 Å². The lowest BCUT2D eigenvalue weighted by atomic mass is 9.78. The maximum Gasteiger partial charge on any atom is 0.389 e. The van der Waals surface area contributed by atoms with Gasteiger partial charge in [-0.2, -0.15) is 13.2 Å². The molecule has 3 unspecified atom stereocenters. The number of carbonyl (C=O) groups is 1. The van der Waals surface area contributed by atoms with E-state index in [1.165, 1.54) is 0 Å². The quantitative estimate of drug-likeness (QED) is 0.869. The number of rotatable bonds is 3. The lowest BCUT2D eigenvalue weighted by Crippen LogP contribution is -2.51. The number of alkyl halides is 3. The molecule has 1 saturated heterocycles. The van der Waals surface area contributed by atoms with Crippen LogP contribution in [0.3, 0.4) is 0 Å². The first kappa shape index (κ1) is 16.6. The molecular formula is C15H24F3NO2. The highest BCUT2D eigenvalue weighted by atomic mass is 19.4. The average molecular weight is 307 g/mol. The van der Waals surface area contributed by atoms with Crippen molar-refractivity contribution in [3.8, 4) is 0 Å². The molecule has 1 saturated carbocycles. The third-order valence-electron chi connectivity index (χ3n) is 4.77. The van der Waals surface area contributed by atoms with Gasteiger partial charge >= 0.3 is 6.18 Å². The second-order valence-corrected chi connectivity index (χ2v) is 6.28. The van der Waals surface area contributed by atoms with Crippen LogP contribution in [0.4, 0.5) is 13.2 Å². The van der Waals surface area contributed by atoms with Gasteiger partial charge in [0, 0.05) is 24.9 Å². The van der Waals surface area contributed by atoms with Gasteiger partial charge in [-0.15, -0.1) is 0 Å². The Bertz CT molecular complexity index is 359. The van der Waals surface area contributed by atoms with E-state index >= 15 is 0 Å². The molecule has 0 aromatic heterocycles. The van der Waals surface area contributed by atoms with Crippen molar-refractivity contribution < 1.29 is 23.1 Å². The monoisotopic (exact) mass is 307 g/mol. The largest absolute Gasteiger partial charge is 0.393 e. The summed E-state index contributed by atoms with van der Waals surface area (Å²) in [5, 5.41) is 10.2. The van der Waals surface area contributed by atoms with Crippen molar-refractivity contribution in [3.05, 3.63) is 0 Å². The SMILES string of the molecule is O=C(CCC(F)(F)F)N1CCCCC1C1CCCCC1O. The van der Waals surface area contributed by atoms with Crippen LogP contribution in [0.25, 0.3) is 0 Å². The molecule has 1 aliphatic carbocycles. The Labute approximate surface area is 123 Å². The number of likely N-dealkylation sites (tertiary alicyclic amines) is 1. The molecule has 2 aliphatic rings. The van der Waals surface area contributed by atoms with Gasteiger partial charge in [0.1, 0.15) is 0 Å². The van der Waals surface area contributed by atoms with Crippen molar-refractivity contribution in [1.82, 2.24) is 4.90 Å². The van der Waals surface area contributed by atoms with Gasteiger partial charge in [-0.05, 0) is 32.1 Å². The molecule has 0 radical (unpaired) electrons. The van der Waals surface area contributed by atoms with Crippen LogP contribution in [0.2, 0.25) is 0 Å². The van der Waals surface area contributed by atoms with Crippen molar-refractivity contribution in [1.29, 1.82) is 0 Å². The Morgan fingerprint density at radius 1 is 1.10 bits per heavy atom. The molecule has 2 rings (SSSR count). The van der Waals surface area contributed by atoms with Gasteiger partial charge in [0.25, 0.3) is 0 Å². The highest BCUT2D eigenvalue weighted by Gasteiger charge is 2.38. The minimum atomic E-state index is -4.29. The first-order chi connectivity index (χ1) is 9.88.